The van der Waals surface area contributed by atoms with E-state index in [1.807, 2.05) is 6.07 Å². The molecule has 126 valence electrons. The summed E-state index contributed by atoms with van der Waals surface area (Å²) >= 11 is 0. The minimum atomic E-state index is -0.952. The third-order valence-electron chi connectivity index (χ3n) is 4.62. The maximum atomic E-state index is 13.0. The molecule has 0 bridgehead atoms. The van der Waals surface area contributed by atoms with E-state index in [-0.39, 0.29) is 12.5 Å². The molecule has 2 aromatic rings. The number of rotatable bonds is 3. The number of hydrogen-bond donors (Lipinski definition) is 2. The van der Waals surface area contributed by atoms with Crippen LogP contribution in [0.25, 0.3) is 11.1 Å². The van der Waals surface area contributed by atoms with Gasteiger partial charge in [0.25, 0.3) is 11.6 Å². The summed E-state index contributed by atoms with van der Waals surface area (Å²) in [7, 11) is 0. The number of aromatic nitrogens is 2. The van der Waals surface area contributed by atoms with Crippen molar-refractivity contribution in [1.29, 1.82) is 0 Å². The standard InChI is InChI=1S/C16H18N4O4/c1-8-13-10(6-11(9-2-3-9)18-14(13)24-19-8)15(21)20-5-4-17-12(7-20)16(22)23/h6,9,12,17H,2-5,7H2,1H3,(H,22,23)/t12-/m0/s1. The molecule has 1 saturated carbocycles. The Morgan fingerprint density at radius 2 is 2.21 bits per heavy atom. The number of hydrogen-bond acceptors (Lipinski definition) is 6. The van der Waals surface area contributed by atoms with Gasteiger partial charge in [-0.05, 0) is 25.8 Å². The van der Waals surface area contributed by atoms with Gasteiger partial charge in [0, 0.05) is 31.2 Å². The van der Waals surface area contributed by atoms with Crippen molar-refractivity contribution in [3.05, 3.63) is 23.0 Å². The summed E-state index contributed by atoms with van der Waals surface area (Å²) in [6, 6.07) is 1.08. The molecular weight excluding hydrogens is 312 g/mol. The van der Waals surface area contributed by atoms with Crippen LogP contribution >= 0.6 is 0 Å². The van der Waals surface area contributed by atoms with Crippen LogP contribution in [0.2, 0.25) is 0 Å². The zero-order valence-electron chi connectivity index (χ0n) is 13.3. The van der Waals surface area contributed by atoms with Crippen molar-refractivity contribution in [3.63, 3.8) is 0 Å². The molecule has 1 amide bonds. The number of carboxylic acid groups (broad SMARTS) is 1. The van der Waals surface area contributed by atoms with E-state index < -0.39 is 12.0 Å². The summed E-state index contributed by atoms with van der Waals surface area (Å²) < 4.78 is 5.27. The van der Waals surface area contributed by atoms with Crippen LogP contribution in [0.3, 0.4) is 0 Å². The van der Waals surface area contributed by atoms with Crippen LogP contribution in [0.1, 0.15) is 40.5 Å². The van der Waals surface area contributed by atoms with Gasteiger partial charge in [0.15, 0.2) is 0 Å². The van der Waals surface area contributed by atoms with Crippen molar-refractivity contribution >= 4 is 23.0 Å². The molecule has 1 saturated heterocycles. The lowest BCUT2D eigenvalue weighted by atomic mass is 10.1. The lowest BCUT2D eigenvalue weighted by Crippen LogP contribution is -2.55. The lowest BCUT2D eigenvalue weighted by Gasteiger charge is -2.31. The molecule has 0 aromatic carbocycles. The van der Waals surface area contributed by atoms with Crippen LogP contribution in [0.15, 0.2) is 10.6 Å². The molecule has 4 rings (SSSR count). The van der Waals surface area contributed by atoms with Crippen LogP contribution < -0.4 is 5.32 Å². The molecule has 2 N–H and O–H groups in total. The van der Waals surface area contributed by atoms with Gasteiger partial charge < -0.3 is 19.8 Å². The number of aliphatic carboxylic acids is 1. The van der Waals surface area contributed by atoms with E-state index >= 15 is 0 Å². The number of carboxylic acids is 1. The van der Waals surface area contributed by atoms with E-state index in [1.54, 1.807) is 11.8 Å². The average molecular weight is 330 g/mol. The quantitative estimate of drug-likeness (QED) is 0.861. The van der Waals surface area contributed by atoms with Crippen LogP contribution in [-0.2, 0) is 4.79 Å². The fourth-order valence-electron chi connectivity index (χ4n) is 3.14. The summed E-state index contributed by atoms with van der Waals surface area (Å²) in [4.78, 5) is 30.3. The maximum Gasteiger partial charge on any atom is 0.322 e. The molecule has 8 heteroatoms. The molecule has 24 heavy (non-hydrogen) atoms. The Morgan fingerprint density at radius 1 is 1.42 bits per heavy atom. The van der Waals surface area contributed by atoms with Crippen LogP contribution in [0.4, 0.5) is 0 Å². The second-order valence-electron chi connectivity index (χ2n) is 6.41. The number of fused-ring (bicyclic) bond motifs is 1. The first-order chi connectivity index (χ1) is 11.5. The van der Waals surface area contributed by atoms with Crippen molar-refractivity contribution in [3.8, 4) is 0 Å². The highest BCUT2D eigenvalue weighted by Crippen LogP contribution is 2.40. The van der Waals surface area contributed by atoms with E-state index in [9.17, 15) is 14.7 Å². The summed E-state index contributed by atoms with van der Waals surface area (Å²) in [6.07, 6.45) is 2.13. The van der Waals surface area contributed by atoms with Crippen molar-refractivity contribution in [2.24, 2.45) is 0 Å². The van der Waals surface area contributed by atoms with E-state index in [0.29, 0.717) is 41.4 Å². The number of pyridine rings is 1. The molecule has 2 aliphatic rings. The van der Waals surface area contributed by atoms with Crippen LogP contribution in [0, 0.1) is 6.92 Å². The van der Waals surface area contributed by atoms with E-state index in [0.717, 1.165) is 18.5 Å². The second-order valence-corrected chi connectivity index (χ2v) is 6.41. The smallest absolute Gasteiger partial charge is 0.322 e. The summed E-state index contributed by atoms with van der Waals surface area (Å²) in [5.41, 5.74) is 2.36. The molecule has 0 unspecified atom stereocenters. The molecule has 0 spiro atoms. The first-order valence-corrected chi connectivity index (χ1v) is 8.07. The topological polar surface area (TPSA) is 109 Å². The van der Waals surface area contributed by atoms with Crippen molar-refractivity contribution in [1.82, 2.24) is 20.4 Å². The minimum absolute atomic E-state index is 0.140. The normalized spacial score (nSPS) is 21.2. The number of aryl methyl sites for hydroxylation is 1. The van der Waals surface area contributed by atoms with Gasteiger partial charge in [-0.15, -0.1) is 0 Å². The molecule has 2 fully saturated rings. The third-order valence-corrected chi connectivity index (χ3v) is 4.62. The fourth-order valence-corrected chi connectivity index (χ4v) is 3.14. The highest BCUT2D eigenvalue weighted by Gasteiger charge is 2.32. The zero-order chi connectivity index (χ0) is 16.8. The molecule has 1 aliphatic heterocycles. The van der Waals surface area contributed by atoms with Crippen molar-refractivity contribution in [2.75, 3.05) is 19.6 Å². The Hall–Kier alpha value is -2.48. The zero-order valence-corrected chi connectivity index (χ0v) is 13.3. The Morgan fingerprint density at radius 3 is 2.92 bits per heavy atom. The maximum absolute atomic E-state index is 13.0. The molecule has 3 heterocycles. The number of carbonyl (C=O) groups is 2. The van der Waals surface area contributed by atoms with Gasteiger partial charge in [0.05, 0.1) is 16.6 Å². The van der Waals surface area contributed by atoms with Crippen molar-refractivity contribution in [2.45, 2.75) is 31.7 Å². The predicted molar refractivity (Wildman–Crippen MR) is 83.8 cm³/mol. The first kappa shape index (κ1) is 15.1. The summed E-state index contributed by atoms with van der Waals surface area (Å²) in [5, 5.41) is 16.6. The molecule has 2 aromatic heterocycles. The van der Waals surface area contributed by atoms with Crippen LogP contribution in [-0.4, -0.2) is 57.7 Å². The van der Waals surface area contributed by atoms with E-state index in [1.165, 1.54) is 0 Å². The molecular formula is C16H18N4O4. The monoisotopic (exact) mass is 330 g/mol. The number of piperazine rings is 1. The molecule has 1 atom stereocenters. The number of carbonyl (C=O) groups excluding carboxylic acids is 1. The van der Waals surface area contributed by atoms with Gasteiger partial charge in [0.1, 0.15) is 6.04 Å². The van der Waals surface area contributed by atoms with Gasteiger partial charge in [-0.2, -0.15) is 0 Å². The molecule has 8 nitrogen and oxygen atoms in total. The van der Waals surface area contributed by atoms with Gasteiger partial charge in [-0.25, -0.2) is 4.98 Å². The van der Waals surface area contributed by atoms with Gasteiger partial charge in [-0.3, -0.25) is 9.59 Å². The molecule has 0 radical (unpaired) electrons. The Balaban J connectivity index is 1.73. The Bertz CT molecular complexity index is 827. The average Bonchev–Trinajstić information content (AvgIpc) is 3.37. The predicted octanol–water partition coefficient (Wildman–Crippen LogP) is 0.907. The van der Waals surface area contributed by atoms with Crippen molar-refractivity contribution < 1.29 is 19.2 Å². The second kappa shape index (κ2) is 5.55. The van der Waals surface area contributed by atoms with E-state index in [2.05, 4.69) is 15.5 Å². The van der Waals surface area contributed by atoms with Gasteiger partial charge in [-0.1, -0.05) is 5.16 Å². The Kier molecular flexibility index (Phi) is 3.49. The number of nitrogens with one attached hydrogen (secondary N) is 1. The summed E-state index contributed by atoms with van der Waals surface area (Å²) in [6.45, 7) is 2.84. The molecule has 1 aliphatic carbocycles. The van der Waals surface area contributed by atoms with Crippen LogP contribution in [0.5, 0.6) is 0 Å². The third kappa shape index (κ3) is 2.52. The van der Waals surface area contributed by atoms with Gasteiger partial charge in [0.2, 0.25) is 0 Å². The SMILES string of the molecule is Cc1noc2nc(C3CC3)cc(C(=O)N3CCN[C@H](C(=O)O)C3)c12. The fraction of sp³-hybridized carbons (Fsp3) is 0.500. The number of amides is 1. The van der Waals surface area contributed by atoms with Gasteiger partial charge >= 0.3 is 5.97 Å². The minimum Gasteiger partial charge on any atom is -0.480 e. The number of nitrogens with zero attached hydrogens (tertiary/aromatic N) is 3. The first-order valence-electron chi connectivity index (χ1n) is 8.07. The highest BCUT2D eigenvalue weighted by molar-refractivity contribution is 6.06. The Labute approximate surface area is 137 Å². The van der Waals surface area contributed by atoms with E-state index in [4.69, 9.17) is 4.52 Å². The largest absolute Gasteiger partial charge is 0.480 e. The lowest BCUT2D eigenvalue weighted by molar-refractivity contribution is -0.140. The summed E-state index contributed by atoms with van der Waals surface area (Å²) in [5.74, 6) is -0.767. The highest BCUT2D eigenvalue weighted by atomic mass is 16.5.